The summed E-state index contributed by atoms with van der Waals surface area (Å²) >= 11 is 0. The third kappa shape index (κ3) is 1.32. The Kier molecular flexibility index (Phi) is 2.19. The zero-order chi connectivity index (χ0) is 9.14. The zero-order valence-electron chi connectivity index (χ0n) is 6.46. The van der Waals surface area contributed by atoms with Crippen molar-refractivity contribution in [1.29, 1.82) is 0 Å². The molecule has 0 fully saturated rings. The van der Waals surface area contributed by atoms with E-state index < -0.39 is 11.2 Å². The zero-order valence-corrected chi connectivity index (χ0v) is 6.46. The average Bonchev–Trinajstić information content (AvgIpc) is 2.03. The number of hydrogen-bond donors (Lipinski definition) is 1. The first-order chi connectivity index (χ1) is 5.66. The molecule has 0 radical (unpaired) electrons. The third-order valence-corrected chi connectivity index (χ3v) is 1.46. The maximum absolute atomic E-state index is 11.0. The van der Waals surface area contributed by atoms with Crippen LogP contribution in [0.4, 0.5) is 0 Å². The normalized spacial score (nSPS) is 9.42. The lowest BCUT2D eigenvalue weighted by molar-refractivity contribution is 0.100. The number of rotatable bonds is 2. The highest BCUT2D eigenvalue weighted by atomic mass is 16.1. The number of Topliss-reactive ketones (excluding diaryl/α,β-unsaturated/α-hetero) is 1. The van der Waals surface area contributed by atoms with Gasteiger partial charge in [0, 0.05) is 12.3 Å². The van der Waals surface area contributed by atoms with Gasteiger partial charge in [-0.05, 0) is 6.92 Å². The van der Waals surface area contributed by atoms with Crippen LogP contribution in [0.5, 0.6) is 0 Å². The van der Waals surface area contributed by atoms with E-state index in [9.17, 15) is 14.4 Å². The van der Waals surface area contributed by atoms with Crippen LogP contribution >= 0.6 is 0 Å². The molecule has 0 unspecified atom stereocenters. The van der Waals surface area contributed by atoms with Gasteiger partial charge in [0.2, 0.25) is 0 Å². The monoisotopic (exact) mass is 165 g/mol. The summed E-state index contributed by atoms with van der Waals surface area (Å²) in [6, 6.07) is 1.21. The van der Waals surface area contributed by atoms with Gasteiger partial charge in [-0.2, -0.15) is 0 Å². The lowest BCUT2D eigenvalue weighted by Gasteiger charge is -1.96. The number of hydrogen-bond acceptors (Lipinski definition) is 3. The largest absolute Gasteiger partial charge is 0.358 e. The first-order valence-corrected chi connectivity index (χ1v) is 3.34. The number of H-pyrrole nitrogens is 1. The van der Waals surface area contributed by atoms with E-state index in [0.29, 0.717) is 6.29 Å². The average molecular weight is 165 g/mol. The number of aldehydes is 1. The molecule has 0 bridgehead atoms. The number of aromatic amines is 1. The molecule has 0 spiro atoms. The highest BCUT2D eigenvalue weighted by molar-refractivity contribution is 6.00. The SMILES string of the molecule is CC(=O)c1c(C=O)[nH]ccc1=O. The molecule has 0 aliphatic carbocycles. The number of ketones is 1. The molecule has 0 aliphatic heterocycles. The van der Waals surface area contributed by atoms with Crippen molar-refractivity contribution >= 4 is 12.1 Å². The topological polar surface area (TPSA) is 67.0 Å². The van der Waals surface area contributed by atoms with E-state index in [4.69, 9.17) is 0 Å². The summed E-state index contributed by atoms with van der Waals surface area (Å²) in [5.74, 6) is -0.404. The van der Waals surface area contributed by atoms with Crippen molar-refractivity contribution in [2.75, 3.05) is 0 Å². The molecule has 62 valence electrons. The maximum Gasteiger partial charge on any atom is 0.193 e. The second-order valence-corrected chi connectivity index (χ2v) is 2.30. The van der Waals surface area contributed by atoms with Crippen LogP contribution in [0.2, 0.25) is 0 Å². The van der Waals surface area contributed by atoms with E-state index in [1.807, 2.05) is 0 Å². The molecule has 12 heavy (non-hydrogen) atoms. The first-order valence-electron chi connectivity index (χ1n) is 3.34. The second kappa shape index (κ2) is 3.13. The molecule has 1 N–H and O–H groups in total. The molecule has 1 aromatic heterocycles. The van der Waals surface area contributed by atoms with Gasteiger partial charge in [-0.1, -0.05) is 0 Å². The molecular formula is C8H7NO3. The molecule has 0 saturated heterocycles. The fourth-order valence-electron chi connectivity index (χ4n) is 0.951. The van der Waals surface area contributed by atoms with Gasteiger partial charge < -0.3 is 4.98 Å². The fraction of sp³-hybridized carbons (Fsp3) is 0.125. The van der Waals surface area contributed by atoms with E-state index in [1.54, 1.807) is 0 Å². The third-order valence-electron chi connectivity index (χ3n) is 1.46. The smallest absolute Gasteiger partial charge is 0.193 e. The lowest BCUT2D eigenvalue weighted by atomic mass is 10.1. The molecule has 0 atom stereocenters. The second-order valence-electron chi connectivity index (χ2n) is 2.30. The van der Waals surface area contributed by atoms with E-state index >= 15 is 0 Å². The van der Waals surface area contributed by atoms with Gasteiger partial charge >= 0.3 is 0 Å². The van der Waals surface area contributed by atoms with Crippen molar-refractivity contribution in [3.63, 3.8) is 0 Å². The Balaban J connectivity index is 3.50. The molecule has 1 rings (SSSR count). The minimum absolute atomic E-state index is 0.0370. The van der Waals surface area contributed by atoms with Crippen LogP contribution in [0.25, 0.3) is 0 Å². The summed E-state index contributed by atoms with van der Waals surface area (Å²) in [4.78, 5) is 34.8. The predicted octanol–water partition coefficient (Wildman–Crippen LogP) is 0.390. The van der Waals surface area contributed by atoms with Crippen molar-refractivity contribution in [3.05, 3.63) is 33.7 Å². The molecule has 4 heteroatoms. The highest BCUT2D eigenvalue weighted by Gasteiger charge is 2.09. The van der Waals surface area contributed by atoms with Gasteiger partial charge in [0.15, 0.2) is 17.5 Å². The molecule has 1 aromatic rings. The van der Waals surface area contributed by atoms with Gasteiger partial charge in [-0.3, -0.25) is 14.4 Å². The molecule has 1 heterocycles. The minimum Gasteiger partial charge on any atom is -0.358 e. The Morgan fingerprint density at radius 2 is 2.25 bits per heavy atom. The fourth-order valence-corrected chi connectivity index (χ4v) is 0.951. The van der Waals surface area contributed by atoms with Gasteiger partial charge in [0.05, 0.1) is 11.3 Å². The van der Waals surface area contributed by atoms with Crippen molar-refractivity contribution < 1.29 is 9.59 Å². The Labute approximate surface area is 68.2 Å². The molecule has 0 aliphatic rings. The number of carbonyl (C=O) groups excluding carboxylic acids is 2. The van der Waals surface area contributed by atoms with E-state index in [1.165, 1.54) is 19.2 Å². The summed E-state index contributed by atoms with van der Waals surface area (Å²) in [7, 11) is 0. The Bertz CT molecular complexity index is 378. The quantitative estimate of drug-likeness (QED) is 0.509. The molecule has 0 amide bonds. The van der Waals surface area contributed by atoms with Crippen LogP contribution in [0.1, 0.15) is 27.8 Å². The van der Waals surface area contributed by atoms with Crippen LogP contribution in [0, 0.1) is 0 Å². The van der Waals surface area contributed by atoms with Crippen LogP contribution in [-0.4, -0.2) is 17.1 Å². The lowest BCUT2D eigenvalue weighted by Crippen LogP contribution is -2.16. The van der Waals surface area contributed by atoms with Gasteiger partial charge in [0.25, 0.3) is 0 Å². The molecule has 0 aromatic carbocycles. The number of aromatic nitrogens is 1. The van der Waals surface area contributed by atoms with Crippen LogP contribution < -0.4 is 5.43 Å². The van der Waals surface area contributed by atoms with Gasteiger partial charge in [-0.25, -0.2) is 0 Å². The standard InChI is InChI=1S/C8H7NO3/c1-5(11)8-6(4-10)9-3-2-7(8)12/h2-4H,1H3,(H,9,12). The van der Waals surface area contributed by atoms with E-state index in [-0.39, 0.29) is 11.3 Å². The molecular weight excluding hydrogens is 158 g/mol. The number of nitrogens with one attached hydrogen (secondary N) is 1. The Morgan fingerprint density at radius 3 is 2.67 bits per heavy atom. The minimum atomic E-state index is -0.427. The van der Waals surface area contributed by atoms with Crippen LogP contribution in [0.15, 0.2) is 17.1 Å². The van der Waals surface area contributed by atoms with Crippen LogP contribution in [-0.2, 0) is 0 Å². The van der Waals surface area contributed by atoms with E-state index in [2.05, 4.69) is 4.98 Å². The van der Waals surface area contributed by atoms with Crippen LogP contribution in [0.3, 0.4) is 0 Å². The first kappa shape index (κ1) is 8.39. The highest BCUT2D eigenvalue weighted by Crippen LogP contribution is 1.96. The van der Waals surface area contributed by atoms with Crippen molar-refractivity contribution in [2.24, 2.45) is 0 Å². The van der Waals surface area contributed by atoms with Gasteiger partial charge in [0.1, 0.15) is 0 Å². The maximum atomic E-state index is 11.0. The van der Waals surface area contributed by atoms with Crippen molar-refractivity contribution in [2.45, 2.75) is 6.92 Å². The summed E-state index contributed by atoms with van der Waals surface area (Å²) in [5.41, 5.74) is -0.467. The summed E-state index contributed by atoms with van der Waals surface area (Å²) in [5, 5.41) is 0. The summed E-state index contributed by atoms with van der Waals surface area (Å²) < 4.78 is 0. The number of pyridine rings is 1. The predicted molar refractivity (Wildman–Crippen MR) is 42.5 cm³/mol. The Hall–Kier alpha value is -1.71. The molecule has 4 nitrogen and oxygen atoms in total. The van der Waals surface area contributed by atoms with Crippen molar-refractivity contribution in [3.8, 4) is 0 Å². The summed E-state index contributed by atoms with van der Waals surface area (Å²) in [6.07, 6.45) is 1.79. The molecule has 0 saturated carbocycles. The van der Waals surface area contributed by atoms with Crippen molar-refractivity contribution in [1.82, 2.24) is 4.98 Å². The Morgan fingerprint density at radius 1 is 1.58 bits per heavy atom. The van der Waals surface area contributed by atoms with Gasteiger partial charge in [-0.15, -0.1) is 0 Å². The van der Waals surface area contributed by atoms with E-state index in [0.717, 1.165) is 0 Å². The number of carbonyl (C=O) groups is 2. The summed E-state index contributed by atoms with van der Waals surface area (Å²) in [6.45, 7) is 1.25.